The second-order valence-electron chi connectivity index (χ2n) is 5.78. The van der Waals surface area contributed by atoms with Crippen molar-refractivity contribution in [1.82, 2.24) is 9.21 Å². The fourth-order valence-corrected chi connectivity index (χ4v) is 3.53. The second kappa shape index (κ2) is 6.48. The first-order chi connectivity index (χ1) is 9.82. The molecule has 1 fully saturated rings. The number of aliphatic hydroxyl groups is 1. The van der Waals surface area contributed by atoms with Crippen molar-refractivity contribution in [2.45, 2.75) is 50.0 Å². The third-order valence-corrected chi connectivity index (χ3v) is 5.64. The highest BCUT2D eigenvalue weighted by Gasteiger charge is 2.28. The van der Waals surface area contributed by atoms with Crippen LogP contribution in [0.15, 0.2) is 21.6 Å². The Morgan fingerprint density at radius 2 is 2.14 bits per heavy atom. The van der Waals surface area contributed by atoms with Gasteiger partial charge < -0.3 is 9.52 Å². The van der Waals surface area contributed by atoms with Crippen molar-refractivity contribution in [2.75, 3.05) is 20.6 Å². The van der Waals surface area contributed by atoms with Gasteiger partial charge in [0.25, 0.3) is 10.0 Å². The molecule has 6 nitrogen and oxygen atoms in total. The van der Waals surface area contributed by atoms with Gasteiger partial charge in [-0.3, -0.25) is 4.90 Å². The lowest BCUT2D eigenvalue weighted by Crippen LogP contribution is -2.45. The van der Waals surface area contributed by atoms with Gasteiger partial charge in [0.1, 0.15) is 5.76 Å². The molecule has 0 bridgehead atoms. The van der Waals surface area contributed by atoms with Crippen LogP contribution in [0.25, 0.3) is 0 Å². The van der Waals surface area contributed by atoms with Gasteiger partial charge in [0, 0.05) is 20.1 Å². The third kappa shape index (κ3) is 3.66. The van der Waals surface area contributed by atoms with Gasteiger partial charge in [-0.1, -0.05) is 6.42 Å². The molecule has 1 saturated heterocycles. The summed E-state index contributed by atoms with van der Waals surface area (Å²) in [5, 5.41) is 9.82. The number of aliphatic hydroxyl groups excluding tert-OH is 1. The molecule has 1 aliphatic rings. The Kier molecular flexibility index (Phi) is 5.08. The van der Waals surface area contributed by atoms with E-state index >= 15 is 0 Å². The van der Waals surface area contributed by atoms with E-state index in [2.05, 4.69) is 4.90 Å². The minimum absolute atomic E-state index is 0.0342. The van der Waals surface area contributed by atoms with E-state index in [-0.39, 0.29) is 11.1 Å². The van der Waals surface area contributed by atoms with Gasteiger partial charge in [0.15, 0.2) is 0 Å². The third-order valence-electron chi connectivity index (χ3n) is 3.95. The molecule has 0 aromatic carbocycles. The summed E-state index contributed by atoms with van der Waals surface area (Å²) in [6.07, 6.45) is 2.77. The zero-order chi connectivity index (χ0) is 15.6. The zero-order valence-electron chi connectivity index (χ0n) is 12.8. The first-order valence-corrected chi connectivity index (χ1v) is 8.69. The van der Waals surface area contributed by atoms with Crippen LogP contribution in [0.3, 0.4) is 0 Å². The van der Waals surface area contributed by atoms with Gasteiger partial charge in [0.2, 0.25) is 5.09 Å². The Morgan fingerprint density at radius 1 is 1.43 bits per heavy atom. The van der Waals surface area contributed by atoms with E-state index in [0.29, 0.717) is 12.3 Å². The largest absolute Gasteiger partial charge is 0.447 e. The van der Waals surface area contributed by atoms with Crippen molar-refractivity contribution < 1.29 is 17.9 Å². The summed E-state index contributed by atoms with van der Waals surface area (Å²) in [5.74, 6) is 0.614. The van der Waals surface area contributed by atoms with Gasteiger partial charge in [-0.15, -0.1) is 0 Å². The minimum Gasteiger partial charge on any atom is -0.447 e. The van der Waals surface area contributed by atoms with Gasteiger partial charge in [0.05, 0.1) is 12.6 Å². The zero-order valence-corrected chi connectivity index (χ0v) is 13.6. The highest BCUT2D eigenvalue weighted by Crippen LogP contribution is 2.24. The van der Waals surface area contributed by atoms with Crippen LogP contribution in [-0.4, -0.2) is 55.5 Å². The lowest BCUT2D eigenvalue weighted by Gasteiger charge is -2.36. The maximum atomic E-state index is 12.0. The van der Waals surface area contributed by atoms with Crippen LogP contribution in [-0.2, 0) is 16.6 Å². The number of likely N-dealkylation sites (tertiary alicyclic amines) is 1. The topological polar surface area (TPSA) is 74.0 Å². The van der Waals surface area contributed by atoms with E-state index in [4.69, 9.17) is 4.42 Å². The Balaban J connectivity index is 2.12. The normalized spacial score (nSPS) is 22.6. The average Bonchev–Trinajstić information content (AvgIpc) is 2.88. The van der Waals surface area contributed by atoms with Crippen LogP contribution < -0.4 is 0 Å². The molecule has 1 aromatic heterocycles. The molecule has 21 heavy (non-hydrogen) atoms. The Bertz CT molecular complexity index is 565. The van der Waals surface area contributed by atoms with Crippen LogP contribution >= 0.6 is 0 Å². The molecular formula is C14H24N2O4S. The highest BCUT2D eigenvalue weighted by atomic mass is 32.2. The molecule has 120 valence electrons. The average molecular weight is 316 g/mol. The molecule has 1 N–H and O–H groups in total. The lowest BCUT2D eigenvalue weighted by molar-refractivity contribution is 0.0273. The summed E-state index contributed by atoms with van der Waals surface area (Å²) >= 11 is 0. The number of nitrogens with zero attached hydrogens (tertiary/aromatic N) is 2. The summed E-state index contributed by atoms with van der Waals surface area (Å²) in [5.41, 5.74) is 0. The van der Waals surface area contributed by atoms with Crippen molar-refractivity contribution in [3.8, 4) is 0 Å². The summed E-state index contributed by atoms with van der Waals surface area (Å²) < 4.78 is 30.6. The Labute approximate surface area is 126 Å². The fourth-order valence-electron chi connectivity index (χ4n) is 2.72. The number of hydrogen-bond donors (Lipinski definition) is 1. The van der Waals surface area contributed by atoms with E-state index < -0.39 is 16.1 Å². The number of furan rings is 1. The SMILES string of the molecule is CC(O)C1CCCCN1Cc1ccc(S(=O)(=O)N(C)C)o1. The molecule has 2 unspecified atom stereocenters. The second-order valence-corrected chi connectivity index (χ2v) is 7.87. The summed E-state index contributed by atoms with van der Waals surface area (Å²) in [6.45, 7) is 3.22. The maximum absolute atomic E-state index is 12.0. The van der Waals surface area contributed by atoms with Crippen molar-refractivity contribution in [3.63, 3.8) is 0 Å². The molecule has 1 aliphatic heterocycles. The lowest BCUT2D eigenvalue weighted by atomic mass is 9.98. The minimum atomic E-state index is -3.53. The Hall–Kier alpha value is -0.890. The molecule has 1 aromatic rings. The molecule has 0 aliphatic carbocycles. The van der Waals surface area contributed by atoms with E-state index in [1.807, 2.05) is 0 Å². The predicted molar refractivity (Wildman–Crippen MR) is 79.3 cm³/mol. The summed E-state index contributed by atoms with van der Waals surface area (Å²) in [7, 11) is -0.572. The van der Waals surface area contributed by atoms with Crippen LogP contribution in [0, 0.1) is 0 Å². The van der Waals surface area contributed by atoms with Crippen LogP contribution in [0.2, 0.25) is 0 Å². The molecule has 2 rings (SSSR count). The first-order valence-electron chi connectivity index (χ1n) is 7.25. The quantitative estimate of drug-likeness (QED) is 0.885. The van der Waals surface area contributed by atoms with Crippen molar-refractivity contribution >= 4 is 10.0 Å². The number of piperidine rings is 1. The summed E-state index contributed by atoms with van der Waals surface area (Å²) in [4.78, 5) is 2.17. The van der Waals surface area contributed by atoms with Crippen LogP contribution in [0.5, 0.6) is 0 Å². The monoisotopic (exact) mass is 316 g/mol. The van der Waals surface area contributed by atoms with Crippen molar-refractivity contribution in [3.05, 3.63) is 17.9 Å². The summed E-state index contributed by atoms with van der Waals surface area (Å²) in [6, 6.07) is 3.30. The first kappa shape index (κ1) is 16.5. The van der Waals surface area contributed by atoms with E-state index in [9.17, 15) is 13.5 Å². The number of hydrogen-bond acceptors (Lipinski definition) is 5. The standard InChI is InChI=1S/C14H24N2O4S/c1-11(17)13-6-4-5-9-16(13)10-12-7-8-14(20-12)21(18,19)15(2)3/h7-8,11,13,17H,4-6,9-10H2,1-3H3. The van der Waals surface area contributed by atoms with Gasteiger partial charge in [-0.2, -0.15) is 0 Å². The predicted octanol–water partition coefficient (Wildman–Crippen LogP) is 1.27. The molecular weight excluding hydrogens is 292 g/mol. The van der Waals surface area contributed by atoms with Gasteiger partial charge >= 0.3 is 0 Å². The van der Waals surface area contributed by atoms with Crippen molar-refractivity contribution in [2.24, 2.45) is 0 Å². The maximum Gasteiger partial charge on any atom is 0.275 e. The molecule has 0 amide bonds. The molecule has 0 spiro atoms. The molecule has 0 radical (unpaired) electrons. The van der Waals surface area contributed by atoms with Gasteiger partial charge in [-0.25, -0.2) is 12.7 Å². The fraction of sp³-hybridized carbons (Fsp3) is 0.714. The van der Waals surface area contributed by atoms with Gasteiger partial charge in [-0.05, 0) is 38.4 Å². The molecule has 2 heterocycles. The van der Waals surface area contributed by atoms with Crippen LogP contribution in [0.1, 0.15) is 31.9 Å². The van der Waals surface area contributed by atoms with Crippen molar-refractivity contribution in [1.29, 1.82) is 0 Å². The van der Waals surface area contributed by atoms with Crippen LogP contribution in [0.4, 0.5) is 0 Å². The molecule has 7 heteroatoms. The van der Waals surface area contributed by atoms with E-state index in [0.717, 1.165) is 30.1 Å². The number of rotatable bonds is 5. The molecule has 2 atom stereocenters. The highest BCUT2D eigenvalue weighted by molar-refractivity contribution is 7.88. The van der Waals surface area contributed by atoms with E-state index in [1.54, 1.807) is 13.0 Å². The molecule has 0 saturated carbocycles. The smallest absolute Gasteiger partial charge is 0.275 e. The van der Waals surface area contributed by atoms with E-state index in [1.165, 1.54) is 20.2 Å². The Morgan fingerprint density at radius 3 is 2.76 bits per heavy atom. The number of sulfonamides is 1.